The van der Waals surface area contributed by atoms with Gasteiger partial charge in [0.15, 0.2) is 6.10 Å². The third-order valence-corrected chi connectivity index (χ3v) is 4.19. The Balaban J connectivity index is 1.95. The molecule has 2 aromatic carbocycles. The fourth-order valence-corrected chi connectivity index (χ4v) is 2.55. The molecule has 0 bridgehead atoms. The first-order chi connectivity index (χ1) is 13.0. The van der Waals surface area contributed by atoms with Gasteiger partial charge in [0.2, 0.25) is 0 Å². The Morgan fingerprint density at radius 2 is 1.52 bits per heavy atom. The predicted octanol–water partition coefficient (Wildman–Crippen LogP) is 3.58. The first kappa shape index (κ1) is 20.3. The SMILES string of the molecule is CCN(CC)C(=O)c1ccc(NC(=O)[C@@H](C)Oc2ccc(OC)cc2)cc1. The number of benzene rings is 2. The fraction of sp³-hybridized carbons (Fsp3) is 0.333. The third kappa shape index (κ3) is 5.48. The number of methoxy groups -OCH3 is 1. The van der Waals surface area contributed by atoms with Gasteiger partial charge < -0.3 is 19.7 Å². The molecule has 27 heavy (non-hydrogen) atoms. The Morgan fingerprint density at radius 3 is 2.04 bits per heavy atom. The van der Waals surface area contributed by atoms with Crippen LogP contribution in [-0.4, -0.2) is 43.0 Å². The maximum atomic E-state index is 12.3. The molecule has 2 aromatic rings. The van der Waals surface area contributed by atoms with Crippen molar-refractivity contribution in [1.29, 1.82) is 0 Å². The van der Waals surface area contributed by atoms with Gasteiger partial charge in [0, 0.05) is 24.3 Å². The molecule has 0 aliphatic carbocycles. The summed E-state index contributed by atoms with van der Waals surface area (Å²) >= 11 is 0. The topological polar surface area (TPSA) is 67.9 Å². The van der Waals surface area contributed by atoms with Gasteiger partial charge in [0.1, 0.15) is 11.5 Å². The van der Waals surface area contributed by atoms with Crippen molar-refractivity contribution in [3.05, 3.63) is 54.1 Å². The summed E-state index contributed by atoms with van der Waals surface area (Å²) in [6.07, 6.45) is -0.671. The van der Waals surface area contributed by atoms with E-state index in [-0.39, 0.29) is 11.8 Å². The third-order valence-electron chi connectivity index (χ3n) is 4.19. The molecule has 2 rings (SSSR count). The lowest BCUT2D eigenvalue weighted by atomic mass is 10.1. The second-order valence-electron chi connectivity index (χ2n) is 5.98. The highest BCUT2D eigenvalue weighted by Crippen LogP contribution is 2.19. The smallest absolute Gasteiger partial charge is 0.265 e. The van der Waals surface area contributed by atoms with E-state index in [2.05, 4.69) is 5.32 Å². The van der Waals surface area contributed by atoms with Gasteiger partial charge in [-0.25, -0.2) is 0 Å². The van der Waals surface area contributed by atoms with E-state index >= 15 is 0 Å². The molecule has 0 aliphatic heterocycles. The van der Waals surface area contributed by atoms with E-state index in [9.17, 15) is 9.59 Å². The number of nitrogens with zero attached hydrogens (tertiary/aromatic N) is 1. The van der Waals surface area contributed by atoms with Gasteiger partial charge in [-0.15, -0.1) is 0 Å². The van der Waals surface area contributed by atoms with Crippen LogP contribution in [0.25, 0.3) is 0 Å². The van der Waals surface area contributed by atoms with Gasteiger partial charge in [-0.05, 0) is 69.3 Å². The van der Waals surface area contributed by atoms with Crippen LogP contribution < -0.4 is 14.8 Å². The van der Waals surface area contributed by atoms with Crippen LogP contribution in [0.2, 0.25) is 0 Å². The monoisotopic (exact) mass is 370 g/mol. The highest BCUT2D eigenvalue weighted by atomic mass is 16.5. The fourth-order valence-electron chi connectivity index (χ4n) is 2.55. The molecule has 144 valence electrons. The summed E-state index contributed by atoms with van der Waals surface area (Å²) in [6, 6.07) is 13.9. The van der Waals surface area contributed by atoms with Gasteiger partial charge >= 0.3 is 0 Å². The molecule has 0 fully saturated rings. The number of rotatable bonds is 8. The Hall–Kier alpha value is -3.02. The highest BCUT2D eigenvalue weighted by molar-refractivity contribution is 5.96. The molecule has 0 aliphatic rings. The number of carbonyl (C=O) groups excluding carboxylic acids is 2. The summed E-state index contributed by atoms with van der Waals surface area (Å²) in [7, 11) is 1.59. The molecule has 2 amide bonds. The highest BCUT2D eigenvalue weighted by Gasteiger charge is 2.16. The van der Waals surface area contributed by atoms with Crippen molar-refractivity contribution in [3.8, 4) is 11.5 Å². The summed E-state index contributed by atoms with van der Waals surface area (Å²) < 4.78 is 10.7. The van der Waals surface area contributed by atoms with Gasteiger partial charge in [-0.3, -0.25) is 9.59 Å². The average Bonchev–Trinajstić information content (AvgIpc) is 2.70. The lowest BCUT2D eigenvalue weighted by Gasteiger charge is -2.19. The summed E-state index contributed by atoms with van der Waals surface area (Å²) in [5.41, 5.74) is 1.21. The maximum absolute atomic E-state index is 12.3. The van der Waals surface area contributed by atoms with Gasteiger partial charge in [0.25, 0.3) is 11.8 Å². The van der Waals surface area contributed by atoms with Crippen LogP contribution in [0.5, 0.6) is 11.5 Å². The Bertz CT molecular complexity index is 753. The Morgan fingerprint density at radius 1 is 0.963 bits per heavy atom. The molecule has 6 nitrogen and oxygen atoms in total. The molecule has 0 heterocycles. The molecule has 6 heteroatoms. The number of anilines is 1. The molecule has 0 saturated heterocycles. The van der Waals surface area contributed by atoms with Crippen LogP contribution in [-0.2, 0) is 4.79 Å². The zero-order valence-corrected chi connectivity index (χ0v) is 16.2. The number of hydrogen-bond donors (Lipinski definition) is 1. The van der Waals surface area contributed by atoms with Crippen LogP contribution in [0.3, 0.4) is 0 Å². The van der Waals surface area contributed by atoms with Crippen molar-refractivity contribution in [3.63, 3.8) is 0 Å². The second kappa shape index (κ2) is 9.62. The number of nitrogens with one attached hydrogen (secondary N) is 1. The molecule has 0 saturated carbocycles. The minimum atomic E-state index is -0.671. The number of carbonyl (C=O) groups is 2. The second-order valence-corrected chi connectivity index (χ2v) is 5.98. The van der Waals surface area contributed by atoms with E-state index in [1.54, 1.807) is 67.5 Å². The Labute approximate surface area is 160 Å². The summed E-state index contributed by atoms with van der Waals surface area (Å²) in [4.78, 5) is 26.4. The summed E-state index contributed by atoms with van der Waals surface area (Å²) in [5.74, 6) is 1.01. The molecular weight excluding hydrogens is 344 g/mol. The number of hydrogen-bond acceptors (Lipinski definition) is 4. The first-order valence-electron chi connectivity index (χ1n) is 8.99. The quantitative estimate of drug-likeness (QED) is 0.771. The summed E-state index contributed by atoms with van der Waals surface area (Å²) in [5, 5.41) is 2.79. The first-order valence-corrected chi connectivity index (χ1v) is 8.99. The van der Waals surface area contributed by atoms with E-state index in [0.29, 0.717) is 30.1 Å². The predicted molar refractivity (Wildman–Crippen MR) is 105 cm³/mol. The Kier molecular flexibility index (Phi) is 7.23. The molecular formula is C21H26N2O4. The number of amides is 2. The maximum Gasteiger partial charge on any atom is 0.265 e. The van der Waals surface area contributed by atoms with E-state index in [4.69, 9.17) is 9.47 Å². The van der Waals surface area contributed by atoms with Crippen LogP contribution in [0.15, 0.2) is 48.5 Å². The van der Waals surface area contributed by atoms with Gasteiger partial charge in [0.05, 0.1) is 7.11 Å². The minimum Gasteiger partial charge on any atom is -0.497 e. The van der Waals surface area contributed by atoms with Crippen molar-refractivity contribution in [2.24, 2.45) is 0 Å². The molecule has 0 unspecified atom stereocenters. The minimum absolute atomic E-state index is 0.0194. The van der Waals surface area contributed by atoms with Crippen molar-refractivity contribution in [2.75, 3.05) is 25.5 Å². The van der Waals surface area contributed by atoms with E-state index in [0.717, 1.165) is 5.75 Å². The molecule has 1 N–H and O–H groups in total. The standard InChI is InChI=1S/C21H26N2O4/c1-5-23(6-2)21(25)16-7-9-17(10-8-16)22-20(24)15(3)27-19-13-11-18(26-4)12-14-19/h7-15H,5-6H2,1-4H3,(H,22,24)/t15-/m1/s1. The van der Waals surface area contributed by atoms with Crippen LogP contribution in [0, 0.1) is 0 Å². The molecule has 0 spiro atoms. The summed E-state index contributed by atoms with van der Waals surface area (Å²) in [6.45, 7) is 6.89. The van der Waals surface area contributed by atoms with Gasteiger partial charge in [-0.2, -0.15) is 0 Å². The van der Waals surface area contributed by atoms with Crippen molar-refractivity contribution in [2.45, 2.75) is 26.9 Å². The van der Waals surface area contributed by atoms with E-state index in [1.165, 1.54) is 0 Å². The van der Waals surface area contributed by atoms with E-state index < -0.39 is 6.10 Å². The molecule has 0 radical (unpaired) electrons. The average molecular weight is 370 g/mol. The molecule has 0 aromatic heterocycles. The largest absolute Gasteiger partial charge is 0.497 e. The molecule has 1 atom stereocenters. The van der Waals surface area contributed by atoms with Crippen LogP contribution >= 0.6 is 0 Å². The van der Waals surface area contributed by atoms with Crippen LogP contribution in [0.1, 0.15) is 31.1 Å². The van der Waals surface area contributed by atoms with Crippen molar-refractivity contribution >= 4 is 17.5 Å². The normalized spacial score (nSPS) is 11.4. The van der Waals surface area contributed by atoms with Crippen LogP contribution in [0.4, 0.5) is 5.69 Å². The zero-order chi connectivity index (χ0) is 19.8. The zero-order valence-electron chi connectivity index (χ0n) is 16.2. The van der Waals surface area contributed by atoms with Crippen molar-refractivity contribution < 1.29 is 19.1 Å². The van der Waals surface area contributed by atoms with Crippen molar-refractivity contribution in [1.82, 2.24) is 4.90 Å². The van der Waals surface area contributed by atoms with E-state index in [1.807, 2.05) is 13.8 Å². The number of ether oxygens (including phenoxy) is 2. The lowest BCUT2D eigenvalue weighted by molar-refractivity contribution is -0.122. The van der Waals surface area contributed by atoms with Gasteiger partial charge in [-0.1, -0.05) is 0 Å². The lowest BCUT2D eigenvalue weighted by Crippen LogP contribution is -2.31.